The third-order valence-electron chi connectivity index (χ3n) is 1.28. The van der Waals surface area contributed by atoms with Crippen molar-refractivity contribution in [1.82, 2.24) is 15.4 Å². The molecule has 0 radical (unpaired) electrons. The Labute approximate surface area is 65.4 Å². The van der Waals surface area contributed by atoms with Crippen LogP contribution < -0.4 is 5.43 Å². The molecule has 1 aromatic rings. The van der Waals surface area contributed by atoms with Gasteiger partial charge >= 0.3 is 0 Å². The van der Waals surface area contributed by atoms with Crippen LogP contribution in [0, 0.1) is 6.92 Å². The van der Waals surface area contributed by atoms with Crippen molar-refractivity contribution in [1.29, 1.82) is 0 Å². The second kappa shape index (κ2) is 3.65. The molecule has 1 aromatic heterocycles. The smallest absolute Gasteiger partial charge is 0.115 e. The van der Waals surface area contributed by atoms with Crippen molar-refractivity contribution in [3.8, 4) is 0 Å². The highest BCUT2D eigenvalue weighted by molar-refractivity contribution is 5.79. The molecular weight excluding hydrogens is 140 g/mol. The first-order chi connectivity index (χ1) is 5.34. The number of hydrogen-bond acceptors (Lipinski definition) is 4. The maximum Gasteiger partial charge on any atom is 0.115 e. The van der Waals surface area contributed by atoms with E-state index < -0.39 is 0 Å². The van der Waals surface area contributed by atoms with E-state index in [4.69, 9.17) is 0 Å². The molecule has 0 aliphatic rings. The van der Waals surface area contributed by atoms with Gasteiger partial charge in [0.15, 0.2) is 0 Å². The van der Waals surface area contributed by atoms with Crippen LogP contribution in [0.15, 0.2) is 17.6 Å². The molecule has 0 atom stereocenters. The van der Waals surface area contributed by atoms with Crippen molar-refractivity contribution >= 4 is 6.21 Å². The van der Waals surface area contributed by atoms with Crippen LogP contribution in [-0.4, -0.2) is 23.2 Å². The summed E-state index contributed by atoms with van der Waals surface area (Å²) in [5.41, 5.74) is 4.52. The Bertz CT molecular complexity index is 256. The van der Waals surface area contributed by atoms with Crippen LogP contribution in [0.5, 0.6) is 0 Å². The van der Waals surface area contributed by atoms with Gasteiger partial charge in [0.1, 0.15) is 6.33 Å². The molecule has 0 aliphatic heterocycles. The van der Waals surface area contributed by atoms with E-state index in [0.717, 1.165) is 11.3 Å². The number of rotatable bonds is 2. The van der Waals surface area contributed by atoms with Crippen molar-refractivity contribution in [3.05, 3.63) is 23.8 Å². The van der Waals surface area contributed by atoms with Crippen LogP contribution >= 0.6 is 0 Å². The minimum atomic E-state index is 0.930. The van der Waals surface area contributed by atoms with E-state index in [1.807, 2.05) is 6.92 Å². The molecule has 0 spiro atoms. The molecule has 0 unspecified atom stereocenters. The molecule has 4 heteroatoms. The zero-order valence-corrected chi connectivity index (χ0v) is 6.57. The molecule has 1 heterocycles. The van der Waals surface area contributed by atoms with Gasteiger partial charge in [-0.2, -0.15) is 5.10 Å². The van der Waals surface area contributed by atoms with Crippen molar-refractivity contribution < 1.29 is 0 Å². The predicted octanol–water partition coefficient (Wildman–Crippen LogP) is 0.338. The molecule has 11 heavy (non-hydrogen) atoms. The van der Waals surface area contributed by atoms with Gasteiger partial charge in [-0.1, -0.05) is 0 Å². The molecule has 4 nitrogen and oxygen atoms in total. The molecule has 1 N–H and O–H groups in total. The number of nitrogens with one attached hydrogen (secondary N) is 1. The van der Waals surface area contributed by atoms with Crippen molar-refractivity contribution in [2.24, 2.45) is 5.10 Å². The molecule has 0 bridgehead atoms. The summed E-state index contributed by atoms with van der Waals surface area (Å²) in [5, 5.41) is 3.85. The Morgan fingerprint density at radius 3 is 3.09 bits per heavy atom. The second-order valence-electron chi connectivity index (χ2n) is 2.05. The van der Waals surface area contributed by atoms with Crippen LogP contribution in [0.4, 0.5) is 0 Å². The Hall–Kier alpha value is -1.45. The number of aromatic nitrogens is 2. The highest BCUT2D eigenvalue weighted by atomic mass is 15.3. The summed E-state index contributed by atoms with van der Waals surface area (Å²) < 4.78 is 0. The first-order valence-electron chi connectivity index (χ1n) is 3.31. The molecule has 0 fully saturated rings. The zero-order chi connectivity index (χ0) is 8.10. The molecule has 1 rings (SSSR count). The van der Waals surface area contributed by atoms with Gasteiger partial charge in [0.25, 0.3) is 0 Å². The Balaban J connectivity index is 2.86. The Morgan fingerprint density at radius 2 is 2.45 bits per heavy atom. The number of hydrogen-bond donors (Lipinski definition) is 1. The van der Waals surface area contributed by atoms with Gasteiger partial charge in [0, 0.05) is 24.5 Å². The lowest BCUT2D eigenvalue weighted by atomic mass is 10.3. The van der Waals surface area contributed by atoms with E-state index in [2.05, 4.69) is 20.5 Å². The average molecular weight is 150 g/mol. The van der Waals surface area contributed by atoms with Crippen molar-refractivity contribution in [2.75, 3.05) is 7.05 Å². The summed E-state index contributed by atoms with van der Waals surface area (Å²) in [5.74, 6) is 0. The largest absolute Gasteiger partial charge is 0.313 e. The maximum atomic E-state index is 4.00. The normalized spacial score (nSPS) is 10.4. The van der Waals surface area contributed by atoms with Gasteiger partial charge in [-0.05, 0) is 6.92 Å². The minimum Gasteiger partial charge on any atom is -0.313 e. The number of nitrogens with zero attached hydrogens (tertiary/aromatic N) is 3. The SMILES string of the molecule is CN/N=C\c1cncnc1C. The van der Waals surface area contributed by atoms with Gasteiger partial charge in [0.05, 0.1) is 6.21 Å². The molecule has 0 saturated carbocycles. The van der Waals surface area contributed by atoms with E-state index in [1.54, 1.807) is 19.5 Å². The maximum absolute atomic E-state index is 4.00. The summed E-state index contributed by atoms with van der Waals surface area (Å²) in [6.45, 7) is 1.92. The van der Waals surface area contributed by atoms with Crippen LogP contribution in [0.25, 0.3) is 0 Å². The molecule has 0 aliphatic carbocycles. The fraction of sp³-hybridized carbons (Fsp3) is 0.286. The number of hydrazone groups is 1. The summed E-state index contributed by atoms with van der Waals surface area (Å²) in [6, 6.07) is 0. The van der Waals surface area contributed by atoms with Gasteiger partial charge < -0.3 is 5.43 Å². The van der Waals surface area contributed by atoms with Crippen molar-refractivity contribution in [2.45, 2.75) is 6.92 Å². The standard InChI is InChI=1S/C7H10N4/c1-6-7(4-11-8-2)3-9-5-10-6/h3-5,8H,1-2H3/b11-4-. The van der Waals surface area contributed by atoms with Crippen LogP contribution in [0.1, 0.15) is 11.3 Å². The topological polar surface area (TPSA) is 50.2 Å². The first kappa shape index (κ1) is 7.65. The lowest BCUT2D eigenvalue weighted by molar-refractivity contribution is 0.906. The summed E-state index contributed by atoms with van der Waals surface area (Å²) in [7, 11) is 1.75. The lowest BCUT2D eigenvalue weighted by Crippen LogP contribution is -1.97. The second-order valence-corrected chi connectivity index (χ2v) is 2.05. The highest BCUT2D eigenvalue weighted by Crippen LogP contribution is 1.96. The van der Waals surface area contributed by atoms with Crippen LogP contribution in [-0.2, 0) is 0 Å². The van der Waals surface area contributed by atoms with Crippen molar-refractivity contribution in [3.63, 3.8) is 0 Å². The molecule has 0 aromatic carbocycles. The third-order valence-corrected chi connectivity index (χ3v) is 1.28. The fourth-order valence-corrected chi connectivity index (χ4v) is 0.662. The summed E-state index contributed by atoms with van der Waals surface area (Å²) in [6.07, 6.45) is 4.94. The number of aryl methyl sites for hydroxylation is 1. The monoisotopic (exact) mass is 150 g/mol. The Kier molecular flexibility index (Phi) is 2.54. The summed E-state index contributed by atoms with van der Waals surface area (Å²) in [4.78, 5) is 7.87. The molecule has 0 amide bonds. The lowest BCUT2D eigenvalue weighted by Gasteiger charge is -1.94. The minimum absolute atomic E-state index is 0.930. The Morgan fingerprint density at radius 1 is 1.64 bits per heavy atom. The van der Waals surface area contributed by atoms with Gasteiger partial charge in [-0.15, -0.1) is 0 Å². The highest BCUT2D eigenvalue weighted by Gasteiger charge is 1.92. The fourth-order valence-electron chi connectivity index (χ4n) is 0.662. The third kappa shape index (κ3) is 2.00. The van der Waals surface area contributed by atoms with E-state index in [9.17, 15) is 0 Å². The summed E-state index contributed by atoms with van der Waals surface area (Å²) >= 11 is 0. The first-order valence-corrected chi connectivity index (χ1v) is 3.31. The van der Waals surface area contributed by atoms with Gasteiger partial charge in [-0.3, -0.25) is 0 Å². The van der Waals surface area contributed by atoms with E-state index in [1.165, 1.54) is 6.33 Å². The quantitative estimate of drug-likeness (QED) is 0.488. The van der Waals surface area contributed by atoms with Crippen LogP contribution in [0.3, 0.4) is 0 Å². The van der Waals surface area contributed by atoms with Crippen LogP contribution in [0.2, 0.25) is 0 Å². The average Bonchev–Trinajstić information content (AvgIpc) is 2.03. The van der Waals surface area contributed by atoms with Gasteiger partial charge in [0.2, 0.25) is 0 Å². The predicted molar refractivity (Wildman–Crippen MR) is 43.4 cm³/mol. The van der Waals surface area contributed by atoms with E-state index >= 15 is 0 Å². The molecule has 0 saturated heterocycles. The molecular formula is C7H10N4. The van der Waals surface area contributed by atoms with Gasteiger partial charge in [-0.25, -0.2) is 9.97 Å². The van der Waals surface area contributed by atoms with E-state index in [0.29, 0.717) is 0 Å². The van der Waals surface area contributed by atoms with E-state index in [-0.39, 0.29) is 0 Å². The molecule has 58 valence electrons. The zero-order valence-electron chi connectivity index (χ0n) is 6.57.